The highest BCUT2D eigenvalue weighted by Gasteiger charge is 2.26. The first-order chi connectivity index (χ1) is 9.17. The summed E-state index contributed by atoms with van der Waals surface area (Å²) in [5.41, 5.74) is 10.2. The van der Waals surface area contributed by atoms with E-state index in [0.29, 0.717) is 18.7 Å². The summed E-state index contributed by atoms with van der Waals surface area (Å²) in [7, 11) is 1.81. The van der Waals surface area contributed by atoms with Crippen LogP contribution in [-0.4, -0.2) is 37.7 Å². The molecular weight excluding hydrogens is 236 g/mol. The fourth-order valence-electron chi connectivity index (χ4n) is 3.03. The summed E-state index contributed by atoms with van der Waals surface area (Å²) in [4.78, 5) is 2.51. The van der Waals surface area contributed by atoms with E-state index in [1.807, 2.05) is 7.11 Å². The highest BCUT2D eigenvalue weighted by molar-refractivity contribution is 5.35. The number of benzene rings is 1. The van der Waals surface area contributed by atoms with Crippen LogP contribution in [0.3, 0.4) is 0 Å². The maximum absolute atomic E-state index is 6.05. The normalized spacial score (nSPS) is 19.6. The Labute approximate surface area is 116 Å². The molecule has 1 unspecified atom stereocenters. The second-order valence-electron chi connectivity index (χ2n) is 5.51. The first-order valence-electron chi connectivity index (χ1n) is 7.20. The molecule has 3 nitrogen and oxygen atoms in total. The quantitative estimate of drug-likeness (QED) is 0.905. The lowest BCUT2D eigenvalue weighted by Gasteiger charge is -2.37. The zero-order valence-electron chi connectivity index (χ0n) is 12.4. The van der Waals surface area contributed by atoms with Crippen molar-refractivity contribution in [3.8, 4) is 0 Å². The standard InChI is InChI=1S/C16H26N2O/c1-12-5-4-6-15(13(12)2)16(11-17)18-9-7-14(19-3)8-10-18/h4-6,14,16H,7-11,17H2,1-3H3. The molecule has 1 aromatic carbocycles. The molecule has 3 heteroatoms. The number of nitrogens with zero attached hydrogens (tertiary/aromatic N) is 1. The molecule has 0 amide bonds. The molecule has 1 saturated heterocycles. The lowest BCUT2D eigenvalue weighted by molar-refractivity contribution is 0.0279. The average Bonchev–Trinajstić information content (AvgIpc) is 2.45. The molecule has 0 spiro atoms. The van der Waals surface area contributed by atoms with Crippen molar-refractivity contribution in [2.45, 2.75) is 38.8 Å². The summed E-state index contributed by atoms with van der Waals surface area (Å²) in [6.45, 7) is 7.21. The van der Waals surface area contributed by atoms with Gasteiger partial charge >= 0.3 is 0 Å². The van der Waals surface area contributed by atoms with Crippen LogP contribution in [0.15, 0.2) is 18.2 Å². The molecule has 19 heavy (non-hydrogen) atoms. The third-order valence-electron chi connectivity index (χ3n) is 4.48. The molecule has 1 aliphatic rings. The third kappa shape index (κ3) is 3.16. The number of methoxy groups -OCH3 is 1. The Bertz CT molecular complexity index is 411. The molecule has 106 valence electrons. The lowest BCUT2D eigenvalue weighted by Crippen LogP contribution is -2.41. The largest absolute Gasteiger partial charge is 0.381 e. The summed E-state index contributed by atoms with van der Waals surface area (Å²) in [5, 5.41) is 0. The lowest BCUT2D eigenvalue weighted by atomic mass is 9.94. The van der Waals surface area contributed by atoms with Crippen molar-refractivity contribution in [1.82, 2.24) is 4.90 Å². The minimum absolute atomic E-state index is 0.345. The Morgan fingerprint density at radius 3 is 2.58 bits per heavy atom. The van der Waals surface area contributed by atoms with E-state index in [0.717, 1.165) is 25.9 Å². The van der Waals surface area contributed by atoms with Crippen LogP contribution in [0.2, 0.25) is 0 Å². The zero-order chi connectivity index (χ0) is 13.8. The van der Waals surface area contributed by atoms with E-state index in [2.05, 4.69) is 36.9 Å². The van der Waals surface area contributed by atoms with Crippen LogP contribution in [0.25, 0.3) is 0 Å². The molecule has 1 aromatic rings. The number of rotatable bonds is 4. The molecule has 0 aliphatic carbocycles. The van der Waals surface area contributed by atoms with Gasteiger partial charge in [0.2, 0.25) is 0 Å². The second kappa shape index (κ2) is 6.51. The topological polar surface area (TPSA) is 38.5 Å². The molecule has 0 saturated carbocycles. The monoisotopic (exact) mass is 262 g/mol. The van der Waals surface area contributed by atoms with Crippen molar-refractivity contribution in [3.63, 3.8) is 0 Å². The van der Waals surface area contributed by atoms with Crippen molar-refractivity contribution in [3.05, 3.63) is 34.9 Å². The van der Waals surface area contributed by atoms with Gasteiger partial charge in [-0.05, 0) is 43.4 Å². The fraction of sp³-hybridized carbons (Fsp3) is 0.625. The van der Waals surface area contributed by atoms with Gasteiger partial charge in [0, 0.05) is 32.8 Å². The number of aryl methyl sites for hydroxylation is 1. The van der Waals surface area contributed by atoms with Crippen LogP contribution < -0.4 is 5.73 Å². The fourth-order valence-corrected chi connectivity index (χ4v) is 3.03. The van der Waals surface area contributed by atoms with E-state index in [1.165, 1.54) is 16.7 Å². The number of hydrogen-bond acceptors (Lipinski definition) is 3. The Kier molecular flexibility index (Phi) is 4.97. The average molecular weight is 262 g/mol. The van der Waals surface area contributed by atoms with E-state index < -0.39 is 0 Å². The van der Waals surface area contributed by atoms with Crippen molar-refractivity contribution in [1.29, 1.82) is 0 Å². The third-order valence-corrected chi connectivity index (χ3v) is 4.48. The summed E-state index contributed by atoms with van der Waals surface area (Å²) in [6, 6.07) is 6.88. The van der Waals surface area contributed by atoms with E-state index in [-0.39, 0.29) is 0 Å². The summed E-state index contributed by atoms with van der Waals surface area (Å²) in [6.07, 6.45) is 2.64. The van der Waals surface area contributed by atoms with Crippen molar-refractivity contribution in [2.75, 3.05) is 26.7 Å². The predicted octanol–water partition coefficient (Wildman–Crippen LogP) is 2.41. The van der Waals surface area contributed by atoms with Crippen LogP contribution in [0, 0.1) is 13.8 Å². The van der Waals surface area contributed by atoms with Gasteiger partial charge in [-0.2, -0.15) is 0 Å². The van der Waals surface area contributed by atoms with Crippen molar-refractivity contribution >= 4 is 0 Å². The molecule has 1 aliphatic heterocycles. The minimum Gasteiger partial charge on any atom is -0.381 e. The maximum atomic E-state index is 6.05. The molecule has 1 fully saturated rings. The molecule has 1 heterocycles. The number of hydrogen-bond donors (Lipinski definition) is 1. The summed E-state index contributed by atoms with van der Waals surface area (Å²) in [5.74, 6) is 0. The van der Waals surface area contributed by atoms with Gasteiger partial charge in [-0.25, -0.2) is 0 Å². The van der Waals surface area contributed by atoms with Gasteiger partial charge in [-0.15, -0.1) is 0 Å². The summed E-state index contributed by atoms with van der Waals surface area (Å²) >= 11 is 0. The van der Waals surface area contributed by atoms with Crippen molar-refractivity contribution < 1.29 is 4.74 Å². The molecule has 0 aromatic heterocycles. The van der Waals surface area contributed by atoms with Gasteiger partial charge in [0.25, 0.3) is 0 Å². The maximum Gasteiger partial charge on any atom is 0.0595 e. The first-order valence-corrected chi connectivity index (χ1v) is 7.20. The van der Waals surface area contributed by atoms with Crippen LogP contribution in [-0.2, 0) is 4.74 Å². The summed E-state index contributed by atoms with van der Waals surface area (Å²) < 4.78 is 5.44. The van der Waals surface area contributed by atoms with E-state index in [1.54, 1.807) is 0 Å². The van der Waals surface area contributed by atoms with E-state index in [4.69, 9.17) is 10.5 Å². The van der Waals surface area contributed by atoms with Gasteiger partial charge in [-0.3, -0.25) is 4.90 Å². The van der Waals surface area contributed by atoms with Gasteiger partial charge in [0.1, 0.15) is 0 Å². The molecule has 0 radical (unpaired) electrons. The van der Waals surface area contributed by atoms with Gasteiger partial charge < -0.3 is 10.5 Å². The minimum atomic E-state index is 0.345. The highest BCUT2D eigenvalue weighted by atomic mass is 16.5. The number of likely N-dealkylation sites (tertiary alicyclic amines) is 1. The predicted molar refractivity (Wildman–Crippen MR) is 79.3 cm³/mol. The smallest absolute Gasteiger partial charge is 0.0595 e. The molecular formula is C16H26N2O. The SMILES string of the molecule is COC1CCN(C(CN)c2cccc(C)c2C)CC1. The van der Waals surface area contributed by atoms with Crippen LogP contribution in [0.5, 0.6) is 0 Å². The second-order valence-corrected chi connectivity index (χ2v) is 5.51. The number of ether oxygens (including phenoxy) is 1. The molecule has 1 atom stereocenters. The Morgan fingerprint density at radius 1 is 1.32 bits per heavy atom. The van der Waals surface area contributed by atoms with E-state index in [9.17, 15) is 0 Å². The van der Waals surface area contributed by atoms with Gasteiger partial charge in [-0.1, -0.05) is 18.2 Å². The van der Waals surface area contributed by atoms with Crippen LogP contribution >= 0.6 is 0 Å². The van der Waals surface area contributed by atoms with E-state index >= 15 is 0 Å². The Balaban J connectivity index is 2.14. The Morgan fingerprint density at radius 2 is 2.00 bits per heavy atom. The van der Waals surface area contributed by atoms with Crippen LogP contribution in [0.4, 0.5) is 0 Å². The molecule has 2 N–H and O–H groups in total. The highest BCUT2D eigenvalue weighted by Crippen LogP contribution is 2.28. The Hall–Kier alpha value is -0.900. The molecule has 0 bridgehead atoms. The number of nitrogens with two attached hydrogens (primary N) is 1. The first kappa shape index (κ1) is 14.5. The van der Waals surface area contributed by atoms with Gasteiger partial charge in [0.15, 0.2) is 0 Å². The van der Waals surface area contributed by atoms with Crippen molar-refractivity contribution in [2.24, 2.45) is 5.73 Å². The molecule has 2 rings (SSSR count). The van der Waals surface area contributed by atoms with Gasteiger partial charge in [0.05, 0.1) is 6.10 Å². The zero-order valence-corrected chi connectivity index (χ0v) is 12.4. The number of piperidine rings is 1. The van der Waals surface area contributed by atoms with Crippen LogP contribution in [0.1, 0.15) is 35.6 Å².